The van der Waals surface area contributed by atoms with Crippen molar-refractivity contribution in [3.05, 3.63) is 11.6 Å². The van der Waals surface area contributed by atoms with Gasteiger partial charge in [0.25, 0.3) is 0 Å². The Kier molecular flexibility index (Phi) is 5.69. The molecule has 0 heterocycles. The van der Waals surface area contributed by atoms with Gasteiger partial charge in [0.2, 0.25) is 0 Å². The van der Waals surface area contributed by atoms with Crippen LogP contribution in [0.4, 0.5) is 0 Å². The van der Waals surface area contributed by atoms with Gasteiger partial charge in [-0.25, -0.2) is 0 Å². The highest BCUT2D eigenvalue weighted by Gasteiger charge is 2.09. The maximum atomic E-state index is 10.4. The monoisotopic (exact) mass is 168 g/mol. The van der Waals surface area contributed by atoms with Crippen molar-refractivity contribution in [2.45, 2.75) is 40.5 Å². The van der Waals surface area contributed by atoms with Gasteiger partial charge in [-0.15, -0.1) is 0 Å². The highest BCUT2D eigenvalue weighted by Crippen LogP contribution is 2.15. The summed E-state index contributed by atoms with van der Waals surface area (Å²) in [5, 5.41) is 0. The summed E-state index contributed by atoms with van der Waals surface area (Å²) in [5.74, 6) is 0.716. The molecule has 0 aromatic heterocycles. The van der Waals surface area contributed by atoms with E-state index in [0.29, 0.717) is 5.92 Å². The smallest absolute Gasteiger partial charge is 0.123 e. The minimum Gasteiger partial charge on any atom is -0.303 e. The lowest BCUT2D eigenvalue weighted by molar-refractivity contribution is -0.111. The minimum atomic E-state index is 0.204. The van der Waals surface area contributed by atoms with E-state index in [1.807, 2.05) is 6.92 Å². The molecular weight excluding hydrogens is 148 g/mol. The minimum absolute atomic E-state index is 0.204. The molecular formula is C11H20O. The molecule has 0 bridgehead atoms. The van der Waals surface area contributed by atoms with E-state index < -0.39 is 0 Å². The Hall–Kier alpha value is -0.590. The average Bonchev–Trinajstić information content (AvgIpc) is 2.02. The summed E-state index contributed by atoms with van der Waals surface area (Å²) in [7, 11) is 0. The molecule has 0 fully saturated rings. The van der Waals surface area contributed by atoms with Crippen LogP contribution >= 0.6 is 0 Å². The van der Waals surface area contributed by atoms with Crippen LogP contribution in [0.2, 0.25) is 0 Å². The van der Waals surface area contributed by atoms with Gasteiger partial charge in [0.05, 0.1) is 0 Å². The van der Waals surface area contributed by atoms with Gasteiger partial charge in [-0.2, -0.15) is 0 Å². The molecule has 0 aliphatic heterocycles. The molecule has 0 aromatic carbocycles. The van der Waals surface area contributed by atoms with E-state index in [9.17, 15) is 4.79 Å². The molecule has 70 valence electrons. The summed E-state index contributed by atoms with van der Waals surface area (Å²) in [6, 6.07) is 0. The second kappa shape index (κ2) is 5.99. The lowest BCUT2D eigenvalue weighted by atomic mass is 9.92. The van der Waals surface area contributed by atoms with Crippen LogP contribution < -0.4 is 0 Å². The fraction of sp³-hybridized carbons (Fsp3) is 0.727. The molecule has 1 heteroatoms. The number of carbonyl (C=O) groups is 1. The maximum absolute atomic E-state index is 10.4. The molecule has 0 saturated carbocycles. The second-order valence-electron chi connectivity index (χ2n) is 3.83. The van der Waals surface area contributed by atoms with Crippen LogP contribution in [0.1, 0.15) is 40.5 Å². The Morgan fingerprint density at radius 2 is 1.92 bits per heavy atom. The van der Waals surface area contributed by atoms with Crippen LogP contribution in [0.25, 0.3) is 0 Å². The second-order valence-corrected chi connectivity index (χ2v) is 3.83. The zero-order valence-electron chi connectivity index (χ0n) is 8.63. The zero-order valence-corrected chi connectivity index (χ0v) is 8.63. The van der Waals surface area contributed by atoms with Crippen molar-refractivity contribution in [1.29, 1.82) is 0 Å². The standard InChI is InChI=1S/C11H20O/c1-9(2)6-5-7-10(3)11(4)8-12/h6,8,10-11H,5,7H2,1-4H3/t10-,11-/m1/s1. The summed E-state index contributed by atoms with van der Waals surface area (Å²) in [4.78, 5) is 10.4. The van der Waals surface area contributed by atoms with Gasteiger partial charge in [0.1, 0.15) is 6.29 Å². The van der Waals surface area contributed by atoms with E-state index >= 15 is 0 Å². The molecule has 0 amide bonds. The Morgan fingerprint density at radius 3 is 2.33 bits per heavy atom. The number of rotatable bonds is 5. The first-order valence-electron chi connectivity index (χ1n) is 4.66. The van der Waals surface area contributed by atoms with Crippen LogP contribution in [0.3, 0.4) is 0 Å². The van der Waals surface area contributed by atoms with Gasteiger partial charge < -0.3 is 4.79 Å². The quantitative estimate of drug-likeness (QED) is 0.455. The predicted octanol–water partition coefficient (Wildman–Crippen LogP) is 3.20. The highest BCUT2D eigenvalue weighted by molar-refractivity contribution is 5.53. The van der Waals surface area contributed by atoms with Crippen molar-refractivity contribution in [3.8, 4) is 0 Å². The zero-order chi connectivity index (χ0) is 9.56. The van der Waals surface area contributed by atoms with Crippen molar-refractivity contribution in [2.75, 3.05) is 0 Å². The highest BCUT2D eigenvalue weighted by atomic mass is 16.1. The van der Waals surface area contributed by atoms with Gasteiger partial charge in [-0.3, -0.25) is 0 Å². The fourth-order valence-electron chi connectivity index (χ4n) is 1.03. The Balaban J connectivity index is 3.63. The summed E-state index contributed by atoms with van der Waals surface area (Å²) in [6.07, 6.45) is 5.49. The first kappa shape index (κ1) is 11.4. The lowest BCUT2D eigenvalue weighted by Crippen LogP contribution is -2.08. The van der Waals surface area contributed by atoms with Crippen molar-refractivity contribution in [2.24, 2.45) is 11.8 Å². The predicted molar refractivity (Wildman–Crippen MR) is 53.1 cm³/mol. The molecule has 1 nitrogen and oxygen atoms in total. The molecule has 0 aromatic rings. The topological polar surface area (TPSA) is 17.1 Å². The molecule has 0 N–H and O–H groups in total. The van der Waals surface area contributed by atoms with Crippen LogP contribution in [0.5, 0.6) is 0 Å². The van der Waals surface area contributed by atoms with E-state index in [4.69, 9.17) is 0 Å². The number of hydrogen-bond donors (Lipinski definition) is 0. The van der Waals surface area contributed by atoms with Gasteiger partial charge in [-0.1, -0.05) is 25.5 Å². The third-order valence-electron chi connectivity index (χ3n) is 2.29. The summed E-state index contributed by atoms with van der Waals surface area (Å²) >= 11 is 0. The maximum Gasteiger partial charge on any atom is 0.123 e. The summed E-state index contributed by atoms with van der Waals surface area (Å²) < 4.78 is 0. The first-order valence-corrected chi connectivity index (χ1v) is 4.66. The van der Waals surface area contributed by atoms with Gasteiger partial charge in [0, 0.05) is 5.92 Å². The molecule has 12 heavy (non-hydrogen) atoms. The number of carbonyl (C=O) groups excluding carboxylic acids is 1. The average molecular weight is 168 g/mol. The third kappa shape index (κ3) is 5.11. The van der Waals surface area contributed by atoms with Crippen LogP contribution in [0.15, 0.2) is 11.6 Å². The Morgan fingerprint density at radius 1 is 1.33 bits per heavy atom. The van der Waals surface area contributed by atoms with Gasteiger partial charge >= 0.3 is 0 Å². The van der Waals surface area contributed by atoms with E-state index in [-0.39, 0.29) is 5.92 Å². The molecule has 0 unspecified atom stereocenters. The summed E-state index contributed by atoms with van der Waals surface area (Å²) in [5.41, 5.74) is 1.36. The van der Waals surface area contributed by atoms with Gasteiger partial charge in [-0.05, 0) is 32.6 Å². The van der Waals surface area contributed by atoms with Crippen molar-refractivity contribution >= 4 is 6.29 Å². The van der Waals surface area contributed by atoms with E-state index in [1.165, 1.54) is 5.57 Å². The number of allylic oxidation sites excluding steroid dienone is 2. The number of aldehydes is 1. The van der Waals surface area contributed by atoms with Crippen LogP contribution in [-0.4, -0.2) is 6.29 Å². The summed E-state index contributed by atoms with van der Waals surface area (Å²) in [6.45, 7) is 8.33. The molecule has 0 saturated heterocycles. The molecule has 0 radical (unpaired) electrons. The normalized spacial score (nSPS) is 15.0. The molecule has 0 aliphatic rings. The SMILES string of the molecule is CC(C)=CCC[C@@H](C)[C@H](C)C=O. The Bertz CT molecular complexity index is 154. The van der Waals surface area contributed by atoms with Crippen molar-refractivity contribution in [3.63, 3.8) is 0 Å². The van der Waals surface area contributed by atoms with Crippen molar-refractivity contribution in [1.82, 2.24) is 0 Å². The largest absolute Gasteiger partial charge is 0.303 e. The molecule has 0 rings (SSSR count). The fourth-order valence-corrected chi connectivity index (χ4v) is 1.03. The third-order valence-corrected chi connectivity index (χ3v) is 2.29. The van der Waals surface area contributed by atoms with E-state index in [2.05, 4.69) is 26.8 Å². The number of hydrogen-bond acceptors (Lipinski definition) is 1. The van der Waals surface area contributed by atoms with E-state index in [1.54, 1.807) is 0 Å². The Labute approximate surface area is 75.9 Å². The molecule has 0 aliphatic carbocycles. The van der Waals surface area contributed by atoms with Gasteiger partial charge in [0.15, 0.2) is 0 Å². The van der Waals surface area contributed by atoms with Crippen LogP contribution in [0, 0.1) is 11.8 Å². The van der Waals surface area contributed by atoms with Crippen molar-refractivity contribution < 1.29 is 4.79 Å². The first-order chi connectivity index (χ1) is 5.57. The molecule has 2 atom stereocenters. The molecule has 0 spiro atoms. The lowest BCUT2D eigenvalue weighted by Gasteiger charge is -2.12. The van der Waals surface area contributed by atoms with Crippen LogP contribution in [-0.2, 0) is 4.79 Å². The van der Waals surface area contributed by atoms with E-state index in [0.717, 1.165) is 19.1 Å².